The van der Waals surface area contributed by atoms with E-state index in [9.17, 15) is 0 Å². The fraction of sp³-hybridized carbons (Fsp3) is 0.889. The molecule has 0 aromatic heterocycles. The van der Waals surface area contributed by atoms with Crippen LogP contribution in [-0.4, -0.2) is 12.0 Å². The second kappa shape index (κ2) is 21.0. The zero-order chi connectivity index (χ0) is 14.0. The number of unbranched alkanes of at least 4 members (excludes halogenated alkanes) is 12. The molecule has 0 saturated carbocycles. The van der Waals surface area contributed by atoms with E-state index in [1.807, 2.05) is 0 Å². The van der Waals surface area contributed by atoms with Crippen molar-refractivity contribution in [3.05, 3.63) is 12.2 Å². The predicted octanol–water partition coefficient (Wildman–Crippen LogP) is 5.09. The molecule has 2 heteroatoms. The first-order chi connectivity index (χ1) is 9.41. The van der Waals surface area contributed by atoms with Gasteiger partial charge in [0.1, 0.15) is 0 Å². The monoisotopic (exact) mass is 285 g/mol. The maximum atomic E-state index is 3.88. The zero-order valence-electron chi connectivity index (χ0n) is 13.9. The van der Waals surface area contributed by atoms with Crippen molar-refractivity contribution < 1.29 is 11.2 Å². The van der Waals surface area contributed by atoms with Gasteiger partial charge in [0.25, 0.3) is 0 Å². The normalized spacial score (nSPS) is 10.9. The fourth-order valence-electron chi connectivity index (χ4n) is 2.42. The Balaban J connectivity index is 0. The van der Waals surface area contributed by atoms with Gasteiger partial charge < -0.3 is 11.2 Å². The third kappa shape index (κ3) is 20.0. The van der Waals surface area contributed by atoms with Gasteiger partial charge >= 0.3 is 0 Å². The van der Waals surface area contributed by atoms with Crippen LogP contribution in [0.4, 0.5) is 0 Å². The topological polar surface area (TPSA) is 57.6 Å². The molecule has 0 aliphatic carbocycles. The van der Waals surface area contributed by atoms with Crippen molar-refractivity contribution in [2.75, 3.05) is 6.54 Å². The molecule has 4 N–H and O–H groups in total. The molecule has 0 atom stereocenters. The number of allylic oxidation sites excluding steroid dienone is 2. The van der Waals surface area contributed by atoms with Crippen LogP contribution in [-0.2, 0) is 0 Å². The molecule has 0 fully saturated rings. The minimum atomic E-state index is 0. The first-order valence-corrected chi connectivity index (χ1v) is 8.86. The molecule has 2 nitrogen and oxygen atoms in total. The number of hydrogen-bond acceptors (Lipinski definition) is 1. The van der Waals surface area contributed by atoms with Gasteiger partial charge in [0.15, 0.2) is 0 Å². The quantitative estimate of drug-likeness (QED) is 0.331. The average molecular weight is 286 g/mol. The van der Waals surface area contributed by atoms with E-state index in [4.69, 9.17) is 0 Å². The standard InChI is InChI=1S/C18H37N.H2O/c1-2-3-4-5-6-7-8-9-10-11-12-13-14-15-16-17-18-19;/h9-10H,2-8,11-19H2,1H3;1H2. The lowest BCUT2D eigenvalue weighted by Gasteiger charge is -1.99. The molecule has 0 bridgehead atoms. The van der Waals surface area contributed by atoms with E-state index in [1.54, 1.807) is 0 Å². The largest absolute Gasteiger partial charge is 0.870 e. The summed E-state index contributed by atoms with van der Waals surface area (Å²) in [5, 5.41) is 0. The molecule has 0 saturated heterocycles. The van der Waals surface area contributed by atoms with Crippen molar-refractivity contribution in [2.24, 2.45) is 0 Å². The van der Waals surface area contributed by atoms with Gasteiger partial charge in [0, 0.05) is 0 Å². The van der Waals surface area contributed by atoms with Crippen LogP contribution < -0.4 is 5.73 Å². The third-order valence-corrected chi connectivity index (χ3v) is 3.76. The van der Waals surface area contributed by atoms with Crippen LogP contribution in [0, 0.1) is 0 Å². The van der Waals surface area contributed by atoms with Crippen LogP contribution in [0.25, 0.3) is 0 Å². The Labute approximate surface area is 127 Å². The van der Waals surface area contributed by atoms with Crippen LogP contribution in [0.3, 0.4) is 0 Å². The molecule has 0 amide bonds. The maximum absolute atomic E-state index is 3.88. The zero-order valence-corrected chi connectivity index (χ0v) is 13.9. The van der Waals surface area contributed by atoms with Crippen LogP contribution in [0.15, 0.2) is 12.2 Å². The fourth-order valence-corrected chi connectivity index (χ4v) is 2.42. The summed E-state index contributed by atoms with van der Waals surface area (Å²) in [5.41, 5.74) is 3.88. The lowest BCUT2D eigenvalue weighted by Crippen LogP contribution is -2.50. The molecule has 0 aliphatic rings. The van der Waals surface area contributed by atoms with Crippen LogP contribution in [0.2, 0.25) is 0 Å². The van der Waals surface area contributed by atoms with Gasteiger partial charge in [-0.25, -0.2) is 0 Å². The van der Waals surface area contributed by atoms with Gasteiger partial charge in [-0.15, -0.1) is 0 Å². The van der Waals surface area contributed by atoms with Gasteiger partial charge in [-0.05, 0) is 38.5 Å². The summed E-state index contributed by atoms with van der Waals surface area (Å²) in [5.74, 6) is 0. The maximum Gasteiger partial charge on any atom is 0.0739 e. The Hall–Kier alpha value is -0.340. The van der Waals surface area contributed by atoms with E-state index in [-0.39, 0.29) is 5.48 Å². The van der Waals surface area contributed by atoms with Crippen molar-refractivity contribution >= 4 is 0 Å². The average Bonchev–Trinajstić information content (AvgIpc) is 2.43. The first-order valence-electron chi connectivity index (χ1n) is 8.86. The van der Waals surface area contributed by atoms with Crippen molar-refractivity contribution in [1.82, 2.24) is 0 Å². The minimum absolute atomic E-state index is 0. The van der Waals surface area contributed by atoms with Crippen molar-refractivity contribution in [3.8, 4) is 0 Å². The van der Waals surface area contributed by atoms with E-state index in [1.165, 1.54) is 89.9 Å². The van der Waals surface area contributed by atoms with Gasteiger partial charge in [-0.1, -0.05) is 70.4 Å². The van der Waals surface area contributed by atoms with E-state index in [0.29, 0.717) is 0 Å². The third-order valence-electron chi connectivity index (χ3n) is 3.76. The lowest BCUT2D eigenvalue weighted by atomic mass is 10.1. The summed E-state index contributed by atoms with van der Waals surface area (Å²) in [4.78, 5) is 0. The molecule has 0 heterocycles. The summed E-state index contributed by atoms with van der Waals surface area (Å²) in [6, 6.07) is 0. The number of quaternary nitrogens is 1. The Bertz CT molecular complexity index is 180. The highest BCUT2D eigenvalue weighted by molar-refractivity contribution is 4.81. The van der Waals surface area contributed by atoms with E-state index in [2.05, 4.69) is 24.8 Å². The predicted molar refractivity (Wildman–Crippen MR) is 89.1 cm³/mol. The number of rotatable bonds is 15. The minimum Gasteiger partial charge on any atom is -0.870 e. The molecule has 0 aliphatic heterocycles. The molecular formula is C18H39NO. The summed E-state index contributed by atoms with van der Waals surface area (Å²) >= 11 is 0. The van der Waals surface area contributed by atoms with Crippen LogP contribution in [0.5, 0.6) is 0 Å². The highest BCUT2D eigenvalue weighted by atomic mass is 16.0. The summed E-state index contributed by atoms with van der Waals surface area (Å²) < 4.78 is 0. The smallest absolute Gasteiger partial charge is 0.0739 e. The molecule has 0 spiro atoms. The highest BCUT2D eigenvalue weighted by Crippen LogP contribution is 2.09. The second-order valence-electron chi connectivity index (χ2n) is 5.79. The summed E-state index contributed by atoms with van der Waals surface area (Å²) in [6.45, 7) is 3.39. The number of hydrogen-bond donors (Lipinski definition) is 1. The van der Waals surface area contributed by atoms with E-state index in [0.717, 1.165) is 6.54 Å². The molecule has 0 radical (unpaired) electrons. The molecule has 0 unspecified atom stereocenters. The Morgan fingerprint density at radius 2 is 1.00 bits per heavy atom. The van der Waals surface area contributed by atoms with Crippen molar-refractivity contribution in [3.63, 3.8) is 0 Å². The van der Waals surface area contributed by atoms with Gasteiger partial charge in [-0.2, -0.15) is 0 Å². The molecule has 0 aromatic rings. The Morgan fingerprint density at radius 3 is 1.45 bits per heavy atom. The second-order valence-corrected chi connectivity index (χ2v) is 5.79. The Morgan fingerprint density at radius 1 is 0.600 bits per heavy atom. The molecule has 122 valence electrons. The highest BCUT2D eigenvalue weighted by Gasteiger charge is 1.90. The van der Waals surface area contributed by atoms with E-state index >= 15 is 0 Å². The summed E-state index contributed by atoms with van der Waals surface area (Å²) in [6.07, 6.45) is 24.2. The van der Waals surface area contributed by atoms with Crippen LogP contribution >= 0.6 is 0 Å². The molecule has 0 rings (SSSR count). The first kappa shape index (κ1) is 21.9. The molecular weight excluding hydrogens is 246 g/mol. The van der Waals surface area contributed by atoms with Crippen molar-refractivity contribution in [2.45, 2.75) is 96.8 Å². The SMILES string of the molecule is CCCCCCCCC=CCCCCCCCC[NH3+].[OH-]. The molecule has 20 heavy (non-hydrogen) atoms. The van der Waals surface area contributed by atoms with Gasteiger partial charge in [0.2, 0.25) is 0 Å². The summed E-state index contributed by atoms with van der Waals surface area (Å²) in [7, 11) is 0. The van der Waals surface area contributed by atoms with Gasteiger partial charge in [0.05, 0.1) is 6.54 Å². The van der Waals surface area contributed by atoms with Crippen molar-refractivity contribution in [1.29, 1.82) is 0 Å². The van der Waals surface area contributed by atoms with Crippen LogP contribution in [0.1, 0.15) is 96.8 Å². The van der Waals surface area contributed by atoms with Gasteiger partial charge in [-0.3, -0.25) is 0 Å². The molecule has 0 aromatic carbocycles. The Kier molecular flexibility index (Phi) is 23.0. The van der Waals surface area contributed by atoms with E-state index < -0.39 is 0 Å². The lowest BCUT2D eigenvalue weighted by molar-refractivity contribution is -0.368.